The van der Waals surface area contributed by atoms with Crippen LogP contribution in [0.4, 0.5) is 0 Å². The third kappa shape index (κ3) is 3.33. The van der Waals surface area contributed by atoms with E-state index >= 15 is 0 Å². The number of aliphatic hydroxyl groups is 1. The Labute approximate surface area is 116 Å². The van der Waals surface area contributed by atoms with Crippen LogP contribution in [-0.2, 0) is 13.2 Å². The first kappa shape index (κ1) is 14.0. The summed E-state index contributed by atoms with van der Waals surface area (Å²) in [6.45, 7) is 2.02. The van der Waals surface area contributed by atoms with Crippen LogP contribution in [0.2, 0.25) is 0 Å². The lowest BCUT2D eigenvalue weighted by atomic mass is 10.1. The van der Waals surface area contributed by atoms with Crippen molar-refractivity contribution in [2.75, 3.05) is 0 Å². The molecule has 104 valence electrons. The third-order valence-electron chi connectivity index (χ3n) is 2.93. The highest BCUT2D eigenvalue weighted by Crippen LogP contribution is 2.05. The van der Waals surface area contributed by atoms with Gasteiger partial charge in [0.1, 0.15) is 5.56 Å². The van der Waals surface area contributed by atoms with Gasteiger partial charge in [-0.25, -0.2) is 0 Å². The van der Waals surface area contributed by atoms with E-state index in [9.17, 15) is 9.59 Å². The molecular weight excluding hydrogens is 256 g/mol. The predicted molar refractivity (Wildman–Crippen MR) is 75.3 cm³/mol. The number of aromatic amines is 1. The van der Waals surface area contributed by atoms with Crippen molar-refractivity contribution in [2.45, 2.75) is 20.1 Å². The number of rotatable bonds is 4. The second-order valence-electron chi connectivity index (χ2n) is 4.54. The van der Waals surface area contributed by atoms with Gasteiger partial charge in [0, 0.05) is 12.2 Å². The molecule has 0 saturated carbocycles. The fraction of sp³-hybridized carbons (Fsp3) is 0.200. The maximum atomic E-state index is 11.9. The predicted octanol–water partition coefficient (Wildman–Crippen LogP) is 1.11. The van der Waals surface area contributed by atoms with E-state index < -0.39 is 11.5 Å². The van der Waals surface area contributed by atoms with E-state index in [1.54, 1.807) is 25.1 Å². The minimum absolute atomic E-state index is 0.0422. The summed E-state index contributed by atoms with van der Waals surface area (Å²) in [5.41, 5.74) is 2.06. The van der Waals surface area contributed by atoms with Crippen molar-refractivity contribution < 1.29 is 9.90 Å². The molecule has 2 aromatic rings. The van der Waals surface area contributed by atoms with Crippen LogP contribution in [0.15, 0.2) is 41.2 Å². The minimum atomic E-state index is -0.416. The Bertz CT molecular complexity index is 677. The lowest BCUT2D eigenvalue weighted by Crippen LogP contribution is -2.29. The number of H-pyrrole nitrogens is 1. The normalized spacial score (nSPS) is 10.3. The van der Waals surface area contributed by atoms with Crippen LogP contribution in [0, 0.1) is 6.92 Å². The molecule has 0 radical (unpaired) electrons. The summed E-state index contributed by atoms with van der Waals surface area (Å²) >= 11 is 0. The molecule has 0 spiro atoms. The molecule has 0 aliphatic rings. The molecule has 5 nitrogen and oxygen atoms in total. The van der Waals surface area contributed by atoms with Crippen LogP contribution in [0.1, 0.15) is 27.2 Å². The molecule has 2 rings (SSSR count). The van der Waals surface area contributed by atoms with Crippen molar-refractivity contribution in [2.24, 2.45) is 0 Å². The molecular formula is C15H16N2O3. The molecule has 0 aliphatic carbocycles. The number of aliphatic hydroxyl groups excluding tert-OH is 1. The summed E-state index contributed by atoms with van der Waals surface area (Å²) in [7, 11) is 0. The van der Waals surface area contributed by atoms with Gasteiger partial charge in [-0.2, -0.15) is 0 Å². The second kappa shape index (κ2) is 6.16. The number of hydrogen-bond acceptors (Lipinski definition) is 3. The van der Waals surface area contributed by atoms with Crippen LogP contribution >= 0.6 is 0 Å². The molecule has 0 aliphatic heterocycles. The topological polar surface area (TPSA) is 82.2 Å². The number of benzene rings is 1. The summed E-state index contributed by atoms with van der Waals surface area (Å²) in [6, 6.07) is 10.5. The number of aryl methyl sites for hydroxylation is 1. The highest BCUT2D eigenvalue weighted by Gasteiger charge is 2.09. The highest BCUT2D eigenvalue weighted by molar-refractivity contribution is 5.93. The first-order valence-corrected chi connectivity index (χ1v) is 6.27. The van der Waals surface area contributed by atoms with Gasteiger partial charge in [0.2, 0.25) is 0 Å². The fourth-order valence-corrected chi connectivity index (χ4v) is 1.87. The molecule has 1 aromatic heterocycles. The Balaban J connectivity index is 2.06. The quantitative estimate of drug-likeness (QED) is 0.779. The van der Waals surface area contributed by atoms with Gasteiger partial charge in [-0.15, -0.1) is 0 Å². The smallest absolute Gasteiger partial charge is 0.260 e. The lowest BCUT2D eigenvalue weighted by Gasteiger charge is -2.06. The first-order chi connectivity index (χ1) is 9.60. The average Bonchev–Trinajstić information content (AvgIpc) is 2.45. The van der Waals surface area contributed by atoms with Crippen molar-refractivity contribution >= 4 is 5.91 Å². The number of aromatic nitrogens is 1. The first-order valence-electron chi connectivity index (χ1n) is 6.27. The Morgan fingerprint density at radius 2 is 2.00 bits per heavy atom. The van der Waals surface area contributed by atoms with E-state index in [0.29, 0.717) is 12.2 Å². The minimum Gasteiger partial charge on any atom is -0.392 e. The lowest BCUT2D eigenvalue weighted by molar-refractivity contribution is 0.0949. The maximum Gasteiger partial charge on any atom is 0.260 e. The van der Waals surface area contributed by atoms with Gasteiger partial charge in [-0.3, -0.25) is 9.59 Å². The maximum absolute atomic E-state index is 11.9. The standard InChI is InChI=1S/C15H16N2O3/c1-10-5-6-13(15(20)17-10)14(19)16-8-11-3-2-4-12(7-11)9-18/h2-7,18H,8-9H2,1H3,(H,16,19)(H,17,20). The zero-order chi connectivity index (χ0) is 14.5. The Hall–Kier alpha value is -2.40. The van der Waals surface area contributed by atoms with Crippen molar-refractivity contribution in [3.63, 3.8) is 0 Å². The Morgan fingerprint density at radius 1 is 1.25 bits per heavy atom. The number of carbonyl (C=O) groups excluding carboxylic acids is 1. The molecule has 3 N–H and O–H groups in total. The molecule has 0 bridgehead atoms. The monoisotopic (exact) mass is 272 g/mol. The number of amides is 1. The number of nitrogens with one attached hydrogen (secondary N) is 2. The molecule has 20 heavy (non-hydrogen) atoms. The summed E-state index contributed by atoms with van der Waals surface area (Å²) in [6.07, 6.45) is 0. The number of hydrogen-bond donors (Lipinski definition) is 3. The van der Waals surface area contributed by atoms with E-state index in [0.717, 1.165) is 11.1 Å². The van der Waals surface area contributed by atoms with Crippen LogP contribution in [0.5, 0.6) is 0 Å². The van der Waals surface area contributed by atoms with E-state index in [1.807, 2.05) is 12.1 Å². The summed E-state index contributed by atoms with van der Waals surface area (Å²) < 4.78 is 0. The summed E-state index contributed by atoms with van der Waals surface area (Å²) in [4.78, 5) is 26.2. The van der Waals surface area contributed by atoms with E-state index in [-0.39, 0.29) is 12.2 Å². The van der Waals surface area contributed by atoms with Crippen molar-refractivity contribution in [1.29, 1.82) is 0 Å². The molecule has 0 atom stereocenters. The van der Waals surface area contributed by atoms with E-state index in [1.165, 1.54) is 6.07 Å². The van der Waals surface area contributed by atoms with Gasteiger partial charge in [-0.05, 0) is 30.2 Å². The third-order valence-corrected chi connectivity index (χ3v) is 2.93. The zero-order valence-corrected chi connectivity index (χ0v) is 11.1. The molecule has 1 aromatic carbocycles. The van der Waals surface area contributed by atoms with Gasteiger partial charge >= 0.3 is 0 Å². The highest BCUT2D eigenvalue weighted by atomic mass is 16.3. The van der Waals surface area contributed by atoms with Gasteiger partial charge in [0.25, 0.3) is 11.5 Å². The van der Waals surface area contributed by atoms with Gasteiger partial charge in [0.05, 0.1) is 6.61 Å². The number of carbonyl (C=O) groups is 1. The van der Waals surface area contributed by atoms with Crippen molar-refractivity contribution in [3.05, 3.63) is 69.1 Å². The van der Waals surface area contributed by atoms with Gasteiger partial charge in [0.15, 0.2) is 0 Å². The van der Waals surface area contributed by atoms with Gasteiger partial charge < -0.3 is 15.4 Å². The Kier molecular flexibility index (Phi) is 4.32. The zero-order valence-electron chi connectivity index (χ0n) is 11.1. The van der Waals surface area contributed by atoms with Crippen LogP contribution < -0.4 is 10.9 Å². The fourth-order valence-electron chi connectivity index (χ4n) is 1.87. The molecule has 0 fully saturated rings. The summed E-state index contributed by atoms with van der Waals surface area (Å²) in [5.74, 6) is -0.416. The molecule has 1 amide bonds. The molecule has 0 unspecified atom stereocenters. The van der Waals surface area contributed by atoms with Crippen molar-refractivity contribution in [3.8, 4) is 0 Å². The molecule has 1 heterocycles. The van der Waals surface area contributed by atoms with Crippen LogP contribution in [0.25, 0.3) is 0 Å². The van der Waals surface area contributed by atoms with E-state index in [2.05, 4.69) is 10.3 Å². The Morgan fingerprint density at radius 3 is 2.70 bits per heavy atom. The second-order valence-corrected chi connectivity index (χ2v) is 4.54. The molecule has 0 saturated heterocycles. The van der Waals surface area contributed by atoms with Crippen LogP contribution in [-0.4, -0.2) is 16.0 Å². The SMILES string of the molecule is Cc1ccc(C(=O)NCc2cccc(CO)c2)c(=O)[nH]1. The molecule has 5 heteroatoms. The average molecular weight is 272 g/mol. The van der Waals surface area contributed by atoms with Crippen molar-refractivity contribution in [1.82, 2.24) is 10.3 Å². The van der Waals surface area contributed by atoms with Crippen LogP contribution in [0.3, 0.4) is 0 Å². The van der Waals surface area contributed by atoms with Gasteiger partial charge in [-0.1, -0.05) is 24.3 Å². The van der Waals surface area contributed by atoms with E-state index in [4.69, 9.17) is 5.11 Å². The number of pyridine rings is 1. The summed E-state index contributed by atoms with van der Waals surface area (Å²) in [5, 5.41) is 11.7. The largest absolute Gasteiger partial charge is 0.392 e.